The second kappa shape index (κ2) is 5.04. The summed E-state index contributed by atoms with van der Waals surface area (Å²) in [7, 11) is -4.85. The average Bonchev–Trinajstić information content (AvgIpc) is 1.83. The second-order valence-electron chi connectivity index (χ2n) is 1.91. The van der Waals surface area contributed by atoms with E-state index in [1.807, 2.05) is 13.8 Å². The topological polar surface area (TPSA) is 46.5 Å². The van der Waals surface area contributed by atoms with Crippen LogP contribution in [0, 0.1) is 0 Å². The molecule has 0 bridgehead atoms. The molecule has 0 aliphatic rings. The first kappa shape index (κ1) is 16.2. The van der Waals surface area contributed by atoms with Crippen molar-refractivity contribution in [2.45, 2.75) is 26.1 Å². The molecule has 14 heavy (non-hydrogen) atoms. The molecule has 0 fully saturated rings. The van der Waals surface area contributed by atoms with Crippen LogP contribution >= 0.6 is 7.60 Å². The predicted molar refractivity (Wildman–Crippen MR) is 39.2 cm³/mol. The summed E-state index contributed by atoms with van der Waals surface area (Å²) in [5.41, 5.74) is 0. The van der Waals surface area contributed by atoms with Gasteiger partial charge in [-0.25, -0.2) is 4.52 Å². The first-order valence-electron chi connectivity index (χ1n) is 3.41. The molecule has 0 aliphatic carbocycles. The van der Waals surface area contributed by atoms with E-state index in [0.29, 0.717) is 0 Å². The summed E-state index contributed by atoms with van der Waals surface area (Å²) in [4.78, 5) is 8.07. The summed E-state index contributed by atoms with van der Waals surface area (Å²) in [5.74, 6) is 0. The number of rotatable bonds is 2. The summed E-state index contributed by atoms with van der Waals surface area (Å²) in [5, 5.41) is 0. The zero-order valence-electron chi connectivity index (χ0n) is 7.60. The summed E-state index contributed by atoms with van der Waals surface area (Å²) in [6, 6.07) is 0. The van der Waals surface area contributed by atoms with E-state index in [1.54, 1.807) is 0 Å². The molecule has 0 rings (SSSR count). The Morgan fingerprint density at radius 3 is 1.50 bits per heavy atom. The Kier molecular flexibility index (Phi) is 5.85. The lowest BCUT2D eigenvalue weighted by Crippen LogP contribution is -2.38. The van der Waals surface area contributed by atoms with Crippen LogP contribution in [0.15, 0.2) is 0 Å². The second-order valence-corrected chi connectivity index (χ2v) is 3.70. The van der Waals surface area contributed by atoms with E-state index < -0.39 is 19.9 Å². The number of alkyl halides is 5. The van der Waals surface area contributed by atoms with Crippen LogP contribution in [-0.4, -0.2) is 23.8 Å². The summed E-state index contributed by atoms with van der Waals surface area (Å²) >= 11 is 0. The Morgan fingerprint density at radius 1 is 1.14 bits per heavy atom. The normalized spacial score (nSPS) is 16.6. The molecule has 0 spiro atoms. The van der Waals surface area contributed by atoms with Gasteiger partial charge in [-0.1, -0.05) is 13.8 Å². The molecule has 3 nitrogen and oxygen atoms in total. The van der Waals surface area contributed by atoms with Gasteiger partial charge in [-0.2, -0.15) is 22.0 Å². The third kappa shape index (κ3) is 6.28. The highest BCUT2D eigenvalue weighted by molar-refractivity contribution is 7.51. The molecule has 1 atom stereocenters. The van der Waals surface area contributed by atoms with Gasteiger partial charge >= 0.3 is 19.9 Å². The Balaban J connectivity index is 0. The SMILES string of the molecule is CC.CP(=O)(O)OC(F)(F)C(F)(F)F. The molecule has 0 saturated heterocycles. The molecule has 0 amide bonds. The minimum atomic E-state index is -5.98. The van der Waals surface area contributed by atoms with Gasteiger partial charge in [0.15, 0.2) is 0 Å². The summed E-state index contributed by atoms with van der Waals surface area (Å²) < 4.78 is 69.9. The van der Waals surface area contributed by atoms with Gasteiger partial charge in [-0.15, -0.1) is 0 Å². The first-order valence-corrected chi connectivity index (χ1v) is 5.44. The van der Waals surface area contributed by atoms with Gasteiger partial charge in [0.25, 0.3) is 0 Å². The maximum Gasteiger partial charge on any atom is 0.483 e. The molecule has 0 radical (unpaired) electrons. The predicted octanol–water partition coefficient (Wildman–Crippen LogP) is 3.00. The molecule has 0 aliphatic heterocycles. The highest BCUT2D eigenvalue weighted by Gasteiger charge is 2.61. The van der Waals surface area contributed by atoms with Gasteiger partial charge in [0.2, 0.25) is 0 Å². The molecule has 0 aromatic heterocycles. The monoisotopic (exact) mass is 244 g/mol. The molecular weight excluding hydrogens is 234 g/mol. The zero-order valence-corrected chi connectivity index (χ0v) is 8.50. The van der Waals surface area contributed by atoms with Crippen LogP contribution in [0.1, 0.15) is 13.8 Å². The van der Waals surface area contributed by atoms with E-state index in [4.69, 9.17) is 4.89 Å². The van der Waals surface area contributed by atoms with Gasteiger partial charge in [0.1, 0.15) is 0 Å². The Morgan fingerprint density at radius 2 is 1.43 bits per heavy atom. The molecule has 88 valence electrons. The van der Waals surface area contributed by atoms with E-state index in [9.17, 15) is 26.5 Å². The van der Waals surface area contributed by atoms with Gasteiger partial charge in [0, 0.05) is 6.66 Å². The Bertz CT molecular complexity index is 208. The maximum atomic E-state index is 11.7. The fraction of sp³-hybridized carbons (Fsp3) is 1.00. The van der Waals surface area contributed by atoms with E-state index in [0.717, 1.165) is 0 Å². The van der Waals surface area contributed by atoms with Crippen LogP contribution in [-0.2, 0) is 9.09 Å². The van der Waals surface area contributed by atoms with Crippen molar-refractivity contribution in [3.05, 3.63) is 0 Å². The van der Waals surface area contributed by atoms with Gasteiger partial charge in [0.05, 0.1) is 0 Å². The van der Waals surface area contributed by atoms with Crippen LogP contribution in [0.3, 0.4) is 0 Å². The van der Waals surface area contributed by atoms with Crippen LogP contribution in [0.25, 0.3) is 0 Å². The van der Waals surface area contributed by atoms with Crippen molar-refractivity contribution in [1.82, 2.24) is 0 Å². The lowest BCUT2D eigenvalue weighted by atomic mass is 10.6. The van der Waals surface area contributed by atoms with Crippen LogP contribution in [0.2, 0.25) is 0 Å². The molecule has 0 aromatic rings. The van der Waals surface area contributed by atoms with Gasteiger partial charge in [-0.05, 0) is 0 Å². The minimum absolute atomic E-state index is 0.229. The largest absolute Gasteiger partial charge is 0.483 e. The van der Waals surface area contributed by atoms with E-state index in [-0.39, 0.29) is 6.66 Å². The molecule has 0 heterocycles. The van der Waals surface area contributed by atoms with Crippen molar-refractivity contribution in [3.63, 3.8) is 0 Å². The van der Waals surface area contributed by atoms with Crippen molar-refractivity contribution >= 4 is 7.60 Å². The van der Waals surface area contributed by atoms with Gasteiger partial charge < -0.3 is 4.89 Å². The lowest BCUT2D eigenvalue weighted by Gasteiger charge is -2.20. The number of hydrogen-bond acceptors (Lipinski definition) is 2. The van der Waals surface area contributed by atoms with Crippen molar-refractivity contribution in [3.8, 4) is 0 Å². The molecule has 0 saturated carbocycles. The average molecular weight is 244 g/mol. The summed E-state index contributed by atoms with van der Waals surface area (Å²) in [6.07, 6.45) is -11.6. The van der Waals surface area contributed by atoms with Crippen LogP contribution in [0.4, 0.5) is 22.0 Å². The lowest BCUT2D eigenvalue weighted by molar-refractivity contribution is -0.362. The van der Waals surface area contributed by atoms with Crippen molar-refractivity contribution in [1.29, 1.82) is 0 Å². The highest BCUT2D eigenvalue weighted by Crippen LogP contribution is 2.49. The smallest absolute Gasteiger partial charge is 0.324 e. The van der Waals surface area contributed by atoms with E-state index >= 15 is 0 Å². The minimum Gasteiger partial charge on any atom is -0.324 e. The maximum absolute atomic E-state index is 11.7. The fourth-order valence-corrected chi connectivity index (χ4v) is 0.793. The first-order chi connectivity index (χ1) is 5.96. The standard InChI is InChI=1S/C3H4F5O3P.C2H6/c1-12(9,10)11-3(7,8)2(4,5)6;1-2/h1H3,(H,9,10);1-2H3. The van der Waals surface area contributed by atoms with Crippen molar-refractivity contribution < 1.29 is 35.9 Å². The molecular formula is C5H10F5O3P. The van der Waals surface area contributed by atoms with Gasteiger partial charge in [-0.3, -0.25) is 4.57 Å². The summed E-state index contributed by atoms with van der Waals surface area (Å²) in [6.45, 7) is 4.23. The van der Waals surface area contributed by atoms with Crippen molar-refractivity contribution in [2.75, 3.05) is 6.66 Å². The van der Waals surface area contributed by atoms with Crippen molar-refractivity contribution in [2.24, 2.45) is 0 Å². The van der Waals surface area contributed by atoms with Crippen LogP contribution in [0.5, 0.6) is 0 Å². The van der Waals surface area contributed by atoms with Crippen LogP contribution < -0.4 is 0 Å². The third-order valence-electron chi connectivity index (χ3n) is 0.614. The third-order valence-corrected chi connectivity index (χ3v) is 1.18. The van der Waals surface area contributed by atoms with E-state index in [1.165, 1.54) is 0 Å². The molecule has 1 N–H and O–H groups in total. The quantitative estimate of drug-likeness (QED) is 0.599. The molecule has 0 aromatic carbocycles. The van der Waals surface area contributed by atoms with E-state index in [2.05, 4.69) is 4.52 Å². The zero-order chi connectivity index (χ0) is 12.2. The highest BCUT2D eigenvalue weighted by atomic mass is 31.2. The Hall–Kier alpha value is -0.200. The number of hydrogen-bond donors (Lipinski definition) is 1. The fourth-order valence-electron chi connectivity index (χ4n) is 0.264. The molecule has 9 heteroatoms. The number of halogens is 5. The Labute approximate surface area is 77.4 Å². The molecule has 1 unspecified atom stereocenters.